The zero-order valence-corrected chi connectivity index (χ0v) is 10.8. The molecule has 0 bridgehead atoms. The van der Waals surface area contributed by atoms with Crippen LogP contribution in [0.3, 0.4) is 0 Å². The maximum atomic E-state index is 5.98. The van der Waals surface area contributed by atoms with E-state index in [1.165, 1.54) is 6.33 Å². The smallest absolute Gasteiger partial charge is 0.137 e. The number of aromatic nitrogens is 2. The predicted molar refractivity (Wildman–Crippen MR) is 67.9 cm³/mol. The molecule has 1 aromatic heterocycles. The molecule has 0 aliphatic rings. The predicted octanol–water partition coefficient (Wildman–Crippen LogP) is 2.86. The van der Waals surface area contributed by atoms with Crippen LogP contribution in [0.4, 0.5) is 5.82 Å². The van der Waals surface area contributed by atoms with Crippen molar-refractivity contribution in [3.05, 3.63) is 17.0 Å². The minimum Gasteiger partial charge on any atom is -0.369 e. The van der Waals surface area contributed by atoms with Crippen LogP contribution >= 0.6 is 23.4 Å². The second-order valence-corrected chi connectivity index (χ2v) is 4.91. The molecule has 0 aliphatic heterocycles. The molecule has 0 fully saturated rings. The summed E-state index contributed by atoms with van der Waals surface area (Å²) in [5, 5.41) is 4.41. The fraction of sp³-hybridized carbons (Fsp3) is 0.600. The second kappa shape index (κ2) is 6.18. The van der Waals surface area contributed by atoms with E-state index < -0.39 is 0 Å². The maximum Gasteiger partial charge on any atom is 0.137 e. The molecule has 15 heavy (non-hydrogen) atoms. The first-order chi connectivity index (χ1) is 7.19. The molecule has 0 radical (unpaired) electrons. The first-order valence-corrected chi connectivity index (χ1v) is 6.61. The Morgan fingerprint density at radius 3 is 2.87 bits per heavy atom. The Morgan fingerprint density at radius 1 is 1.53 bits per heavy atom. The fourth-order valence-corrected chi connectivity index (χ4v) is 1.70. The van der Waals surface area contributed by atoms with Crippen LogP contribution in [0.2, 0.25) is 5.15 Å². The van der Waals surface area contributed by atoms with Crippen LogP contribution in [-0.4, -0.2) is 28.0 Å². The largest absolute Gasteiger partial charge is 0.369 e. The Hall–Kier alpha value is -0.480. The minimum absolute atomic E-state index is 0.548. The van der Waals surface area contributed by atoms with Crippen molar-refractivity contribution in [3.8, 4) is 0 Å². The SMILES string of the molecule is CCc1c(Cl)ncnc1NCC(C)SC. The van der Waals surface area contributed by atoms with Gasteiger partial charge in [0.15, 0.2) is 0 Å². The van der Waals surface area contributed by atoms with Gasteiger partial charge in [0.25, 0.3) is 0 Å². The molecular formula is C10H16ClN3S. The third-order valence-corrected chi connectivity index (χ3v) is 3.50. The Bertz CT molecular complexity index is 320. The molecule has 0 amide bonds. The highest BCUT2D eigenvalue weighted by Crippen LogP contribution is 2.20. The van der Waals surface area contributed by atoms with Crippen molar-refractivity contribution in [1.29, 1.82) is 0 Å². The third-order valence-electron chi connectivity index (χ3n) is 2.21. The lowest BCUT2D eigenvalue weighted by molar-refractivity contribution is 0.964. The van der Waals surface area contributed by atoms with Gasteiger partial charge >= 0.3 is 0 Å². The fourth-order valence-electron chi connectivity index (χ4n) is 1.18. The molecule has 1 aromatic rings. The molecule has 1 rings (SSSR count). The zero-order chi connectivity index (χ0) is 11.3. The van der Waals surface area contributed by atoms with Crippen LogP contribution in [0.25, 0.3) is 0 Å². The van der Waals surface area contributed by atoms with Crippen LogP contribution < -0.4 is 5.32 Å². The summed E-state index contributed by atoms with van der Waals surface area (Å²) in [5.74, 6) is 0.860. The van der Waals surface area contributed by atoms with Gasteiger partial charge in [0, 0.05) is 17.4 Å². The van der Waals surface area contributed by atoms with E-state index >= 15 is 0 Å². The molecule has 0 saturated heterocycles. The number of anilines is 1. The summed E-state index contributed by atoms with van der Waals surface area (Å²) in [6, 6.07) is 0. The summed E-state index contributed by atoms with van der Waals surface area (Å²) < 4.78 is 0. The molecule has 3 nitrogen and oxygen atoms in total. The number of halogens is 1. The van der Waals surface area contributed by atoms with Gasteiger partial charge in [0.05, 0.1) is 0 Å². The normalized spacial score (nSPS) is 12.5. The van der Waals surface area contributed by atoms with Crippen LogP contribution in [0, 0.1) is 0 Å². The third kappa shape index (κ3) is 3.54. The molecule has 1 heterocycles. The van der Waals surface area contributed by atoms with Crippen molar-refractivity contribution in [2.24, 2.45) is 0 Å². The summed E-state index contributed by atoms with van der Waals surface area (Å²) in [5.41, 5.74) is 0.993. The molecule has 1 unspecified atom stereocenters. The molecule has 0 aromatic carbocycles. The number of nitrogens with one attached hydrogen (secondary N) is 1. The topological polar surface area (TPSA) is 37.8 Å². The van der Waals surface area contributed by atoms with Gasteiger partial charge in [-0.1, -0.05) is 25.4 Å². The van der Waals surface area contributed by atoms with Gasteiger partial charge in [-0.2, -0.15) is 11.8 Å². The summed E-state index contributed by atoms with van der Waals surface area (Å²) in [6.07, 6.45) is 4.43. The average molecular weight is 246 g/mol. The molecule has 84 valence electrons. The first kappa shape index (κ1) is 12.6. The first-order valence-electron chi connectivity index (χ1n) is 4.95. The Balaban J connectivity index is 2.72. The molecule has 1 atom stereocenters. The number of rotatable bonds is 5. The van der Waals surface area contributed by atoms with Crippen molar-refractivity contribution < 1.29 is 0 Å². The quantitative estimate of drug-likeness (QED) is 0.810. The maximum absolute atomic E-state index is 5.98. The zero-order valence-electron chi connectivity index (χ0n) is 9.25. The summed E-state index contributed by atoms with van der Waals surface area (Å²) >= 11 is 7.81. The van der Waals surface area contributed by atoms with Gasteiger partial charge in [0.1, 0.15) is 17.3 Å². The minimum atomic E-state index is 0.548. The summed E-state index contributed by atoms with van der Waals surface area (Å²) in [4.78, 5) is 8.17. The van der Waals surface area contributed by atoms with E-state index in [1.807, 2.05) is 18.7 Å². The van der Waals surface area contributed by atoms with Gasteiger partial charge in [-0.3, -0.25) is 0 Å². The van der Waals surface area contributed by atoms with E-state index in [-0.39, 0.29) is 0 Å². The van der Waals surface area contributed by atoms with Crippen LogP contribution in [-0.2, 0) is 6.42 Å². The number of hydrogen-bond donors (Lipinski definition) is 1. The average Bonchev–Trinajstić information content (AvgIpc) is 2.25. The van der Waals surface area contributed by atoms with E-state index in [0.717, 1.165) is 24.3 Å². The lowest BCUT2D eigenvalue weighted by Gasteiger charge is -2.13. The van der Waals surface area contributed by atoms with Crippen molar-refractivity contribution in [3.63, 3.8) is 0 Å². The molecule has 0 spiro atoms. The number of thioether (sulfide) groups is 1. The highest BCUT2D eigenvalue weighted by atomic mass is 35.5. The molecule has 0 aliphatic carbocycles. The number of nitrogens with zero attached hydrogens (tertiary/aromatic N) is 2. The second-order valence-electron chi connectivity index (χ2n) is 3.27. The van der Waals surface area contributed by atoms with E-state index in [2.05, 4.69) is 28.5 Å². The van der Waals surface area contributed by atoms with Gasteiger partial charge in [0.2, 0.25) is 0 Å². The molecule has 1 N–H and O–H groups in total. The monoisotopic (exact) mass is 245 g/mol. The van der Waals surface area contributed by atoms with Crippen molar-refractivity contribution in [2.45, 2.75) is 25.5 Å². The highest BCUT2D eigenvalue weighted by molar-refractivity contribution is 7.99. The number of hydrogen-bond acceptors (Lipinski definition) is 4. The van der Waals surface area contributed by atoms with Crippen molar-refractivity contribution >= 4 is 29.2 Å². The Morgan fingerprint density at radius 2 is 2.27 bits per heavy atom. The molecular weight excluding hydrogens is 230 g/mol. The van der Waals surface area contributed by atoms with E-state index in [1.54, 1.807) is 0 Å². The lowest BCUT2D eigenvalue weighted by atomic mass is 10.2. The van der Waals surface area contributed by atoms with Gasteiger partial charge in [-0.25, -0.2) is 9.97 Å². The summed E-state index contributed by atoms with van der Waals surface area (Å²) in [7, 11) is 0. The lowest BCUT2D eigenvalue weighted by Crippen LogP contribution is -2.15. The Kier molecular flexibility index (Phi) is 5.19. The van der Waals surface area contributed by atoms with Crippen LogP contribution in [0.5, 0.6) is 0 Å². The van der Waals surface area contributed by atoms with E-state index in [9.17, 15) is 0 Å². The van der Waals surface area contributed by atoms with Gasteiger partial charge in [-0.05, 0) is 12.7 Å². The molecule has 0 saturated carbocycles. The van der Waals surface area contributed by atoms with Gasteiger partial charge in [-0.15, -0.1) is 0 Å². The van der Waals surface area contributed by atoms with Crippen molar-refractivity contribution in [2.75, 3.05) is 18.1 Å². The van der Waals surface area contributed by atoms with E-state index in [0.29, 0.717) is 10.4 Å². The van der Waals surface area contributed by atoms with Crippen molar-refractivity contribution in [1.82, 2.24) is 9.97 Å². The van der Waals surface area contributed by atoms with Crippen LogP contribution in [0.1, 0.15) is 19.4 Å². The van der Waals surface area contributed by atoms with Gasteiger partial charge < -0.3 is 5.32 Å². The van der Waals surface area contributed by atoms with Crippen LogP contribution in [0.15, 0.2) is 6.33 Å². The molecule has 5 heteroatoms. The standard InChI is InChI=1S/C10H16ClN3S/c1-4-8-9(11)13-6-14-10(8)12-5-7(2)15-3/h6-7H,4-5H2,1-3H3,(H,12,13,14). The highest BCUT2D eigenvalue weighted by Gasteiger charge is 2.08. The summed E-state index contributed by atoms with van der Waals surface area (Å²) in [6.45, 7) is 5.11. The Labute approximate surface area is 100 Å². The van der Waals surface area contributed by atoms with E-state index in [4.69, 9.17) is 11.6 Å².